The van der Waals surface area contributed by atoms with Gasteiger partial charge in [-0.05, 0) is 24.6 Å². The molecule has 3 aromatic carbocycles. The highest BCUT2D eigenvalue weighted by Crippen LogP contribution is 2.30. The maximum absolute atomic E-state index is 12.7. The van der Waals surface area contributed by atoms with Gasteiger partial charge in [-0.3, -0.25) is 4.79 Å². The topological polar surface area (TPSA) is 77.0 Å². The molecule has 0 saturated carbocycles. The summed E-state index contributed by atoms with van der Waals surface area (Å²) in [6, 6.07) is 27.4. The molecule has 0 aliphatic rings. The van der Waals surface area contributed by atoms with Gasteiger partial charge in [0.15, 0.2) is 0 Å². The summed E-state index contributed by atoms with van der Waals surface area (Å²) in [6.07, 6.45) is 0. The van der Waals surface area contributed by atoms with E-state index in [0.29, 0.717) is 17.4 Å². The zero-order chi connectivity index (χ0) is 23.0. The highest BCUT2D eigenvalue weighted by atomic mass is 32.2. The number of carbonyl (C=O) groups is 1. The maximum Gasteiger partial charge on any atom is 0.233 e. The van der Waals surface area contributed by atoms with E-state index in [4.69, 9.17) is 9.72 Å². The number of ether oxygens (including phenoxy) is 1. The van der Waals surface area contributed by atoms with Crippen molar-refractivity contribution in [2.24, 2.45) is 0 Å². The van der Waals surface area contributed by atoms with Gasteiger partial charge in [0.05, 0.1) is 12.4 Å². The first kappa shape index (κ1) is 22.5. The number of hydrogen-bond acceptors (Lipinski definition) is 6. The SMILES string of the molecule is COc1ccc(CNC(=O)C(C)Sc2nnc(-c3ccccc3)c(-c3ccccc3)n2)cc1. The van der Waals surface area contributed by atoms with Gasteiger partial charge in [0.2, 0.25) is 11.1 Å². The lowest BCUT2D eigenvalue weighted by atomic mass is 10.0. The molecule has 33 heavy (non-hydrogen) atoms. The van der Waals surface area contributed by atoms with E-state index >= 15 is 0 Å². The highest BCUT2D eigenvalue weighted by Gasteiger charge is 2.19. The number of rotatable bonds is 8. The van der Waals surface area contributed by atoms with Crippen molar-refractivity contribution in [2.75, 3.05) is 7.11 Å². The molecule has 0 spiro atoms. The normalized spacial score (nSPS) is 11.6. The molecule has 7 heteroatoms. The Morgan fingerprint density at radius 1 is 0.879 bits per heavy atom. The molecule has 166 valence electrons. The van der Waals surface area contributed by atoms with E-state index in [1.54, 1.807) is 7.11 Å². The fraction of sp³-hybridized carbons (Fsp3) is 0.154. The van der Waals surface area contributed by atoms with Crippen molar-refractivity contribution in [1.82, 2.24) is 20.5 Å². The lowest BCUT2D eigenvalue weighted by Crippen LogP contribution is -2.30. The minimum atomic E-state index is -0.378. The van der Waals surface area contributed by atoms with E-state index in [0.717, 1.165) is 28.1 Å². The van der Waals surface area contributed by atoms with Crippen LogP contribution in [0.1, 0.15) is 12.5 Å². The zero-order valence-electron chi connectivity index (χ0n) is 18.4. The smallest absolute Gasteiger partial charge is 0.233 e. The second-order valence-corrected chi connectivity index (χ2v) is 8.66. The number of benzene rings is 3. The lowest BCUT2D eigenvalue weighted by molar-refractivity contribution is -0.120. The van der Waals surface area contributed by atoms with Crippen LogP contribution in [0.25, 0.3) is 22.5 Å². The van der Waals surface area contributed by atoms with E-state index in [9.17, 15) is 4.79 Å². The molecule has 0 saturated heterocycles. The van der Waals surface area contributed by atoms with Crippen molar-refractivity contribution >= 4 is 17.7 Å². The maximum atomic E-state index is 12.7. The first-order valence-corrected chi connectivity index (χ1v) is 11.4. The number of hydrogen-bond donors (Lipinski definition) is 1. The summed E-state index contributed by atoms with van der Waals surface area (Å²) in [5.74, 6) is 0.694. The van der Waals surface area contributed by atoms with Crippen molar-refractivity contribution in [3.05, 3.63) is 90.5 Å². The molecule has 4 rings (SSSR count). The molecule has 1 unspecified atom stereocenters. The quantitative estimate of drug-likeness (QED) is 0.376. The summed E-state index contributed by atoms with van der Waals surface area (Å²) in [4.78, 5) is 17.4. The van der Waals surface area contributed by atoms with Gasteiger partial charge in [0.1, 0.15) is 17.1 Å². The molecule has 1 heterocycles. The molecule has 0 bridgehead atoms. The van der Waals surface area contributed by atoms with Crippen LogP contribution in [0, 0.1) is 0 Å². The Bertz CT molecular complexity index is 1200. The summed E-state index contributed by atoms with van der Waals surface area (Å²) in [5, 5.41) is 11.8. The van der Waals surface area contributed by atoms with E-state index in [2.05, 4.69) is 15.5 Å². The first-order valence-electron chi connectivity index (χ1n) is 10.6. The Labute approximate surface area is 197 Å². The van der Waals surface area contributed by atoms with Gasteiger partial charge >= 0.3 is 0 Å². The van der Waals surface area contributed by atoms with Crippen molar-refractivity contribution in [2.45, 2.75) is 23.9 Å². The Hall–Kier alpha value is -3.71. The summed E-state index contributed by atoms with van der Waals surface area (Å²) in [5.41, 5.74) is 4.34. The summed E-state index contributed by atoms with van der Waals surface area (Å²) in [7, 11) is 1.63. The monoisotopic (exact) mass is 456 g/mol. The number of carbonyl (C=O) groups excluding carboxylic acids is 1. The molecular formula is C26H24N4O2S. The molecule has 1 atom stereocenters. The van der Waals surface area contributed by atoms with Gasteiger partial charge in [-0.2, -0.15) is 0 Å². The molecule has 1 aromatic heterocycles. The van der Waals surface area contributed by atoms with Crippen LogP contribution in [-0.4, -0.2) is 33.4 Å². The van der Waals surface area contributed by atoms with Gasteiger partial charge in [0.25, 0.3) is 0 Å². The van der Waals surface area contributed by atoms with Crippen LogP contribution in [0.3, 0.4) is 0 Å². The summed E-state index contributed by atoms with van der Waals surface area (Å²) in [6.45, 7) is 2.28. The van der Waals surface area contributed by atoms with Gasteiger partial charge in [-0.15, -0.1) is 10.2 Å². The first-order chi connectivity index (χ1) is 16.1. The standard InChI is InChI=1S/C26H24N4O2S/c1-18(25(31)27-17-19-13-15-22(32-2)16-14-19)33-26-28-23(20-9-5-3-6-10-20)24(29-30-26)21-11-7-4-8-12-21/h3-16,18H,17H2,1-2H3,(H,27,31). The van der Waals surface area contributed by atoms with E-state index in [1.165, 1.54) is 11.8 Å². The van der Waals surface area contributed by atoms with Gasteiger partial charge in [-0.1, -0.05) is 84.6 Å². The minimum absolute atomic E-state index is 0.0900. The Kier molecular flexibility index (Phi) is 7.32. The van der Waals surface area contributed by atoms with E-state index < -0.39 is 0 Å². The molecule has 1 amide bonds. The van der Waals surface area contributed by atoms with Crippen LogP contribution in [0.15, 0.2) is 90.1 Å². The van der Waals surface area contributed by atoms with E-state index in [1.807, 2.05) is 91.9 Å². The molecule has 6 nitrogen and oxygen atoms in total. The van der Waals surface area contributed by atoms with Crippen molar-refractivity contribution in [3.63, 3.8) is 0 Å². The van der Waals surface area contributed by atoms with Crippen molar-refractivity contribution in [3.8, 4) is 28.3 Å². The fourth-order valence-electron chi connectivity index (χ4n) is 3.24. The second-order valence-electron chi connectivity index (χ2n) is 7.35. The Morgan fingerprint density at radius 2 is 1.48 bits per heavy atom. The van der Waals surface area contributed by atoms with Crippen molar-refractivity contribution in [1.29, 1.82) is 0 Å². The fourth-order valence-corrected chi connectivity index (χ4v) is 3.98. The minimum Gasteiger partial charge on any atom is -0.497 e. The second kappa shape index (κ2) is 10.7. The van der Waals surface area contributed by atoms with Gasteiger partial charge < -0.3 is 10.1 Å². The zero-order valence-corrected chi connectivity index (χ0v) is 19.3. The van der Waals surface area contributed by atoms with E-state index in [-0.39, 0.29) is 11.2 Å². The predicted molar refractivity (Wildman–Crippen MR) is 131 cm³/mol. The average molecular weight is 457 g/mol. The highest BCUT2D eigenvalue weighted by molar-refractivity contribution is 8.00. The predicted octanol–water partition coefficient (Wildman–Crippen LogP) is 5.01. The van der Waals surface area contributed by atoms with Gasteiger partial charge in [-0.25, -0.2) is 4.98 Å². The Morgan fingerprint density at radius 3 is 2.09 bits per heavy atom. The molecular weight excluding hydrogens is 432 g/mol. The summed E-state index contributed by atoms with van der Waals surface area (Å²) < 4.78 is 5.17. The molecule has 0 aliphatic carbocycles. The number of methoxy groups -OCH3 is 1. The third kappa shape index (κ3) is 5.75. The molecule has 0 aliphatic heterocycles. The third-order valence-electron chi connectivity index (χ3n) is 5.04. The third-order valence-corrected chi connectivity index (χ3v) is 5.99. The largest absolute Gasteiger partial charge is 0.497 e. The van der Waals surface area contributed by atoms with Crippen LogP contribution in [0.5, 0.6) is 5.75 Å². The van der Waals surface area contributed by atoms with Crippen LogP contribution >= 0.6 is 11.8 Å². The molecule has 0 fully saturated rings. The van der Waals surface area contributed by atoms with Gasteiger partial charge in [0, 0.05) is 17.7 Å². The van der Waals surface area contributed by atoms with Crippen LogP contribution in [0.4, 0.5) is 0 Å². The number of nitrogens with zero attached hydrogens (tertiary/aromatic N) is 3. The average Bonchev–Trinajstić information content (AvgIpc) is 2.88. The molecule has 0 radical (unpaired) electrons. The lowest BCUT2D eigenvalue weighted by Gasteiger charge is -2.13. The number of aromatic nitrogens is 3. The number of thioether (sulfide) groups is 1. The number of amides is 1. The Balaban J connectivity index is 1.49. The van der Waals surface area contributed by atoms with Crippen LogP contribution in [-0.2, 0) is 11.3 Å². The summed E-state index contributed by atoms with van der Waals surface area (Å²) >= 11 is 1.29. The van der Waals surface area contributed by atoms with Crippen LogP contribution in [0.2, 0.25) is 0 Å². The van der Waals surface area contributed by atoms with Crippen molar-refractivity contribution < 1.29 is 9.53 Å². The number of nitrogens with one attached hydrogen (secondary N) is 1. The molecule has 4 aromatic rings. The van der Waals surface area contributed by atoms with Crippen LogP contribution < -0.4 is 10.1 Å². The molecule has 1 N–H and O–H groups in total.